The van der Waals surface area contributed by atoms with Crippen molar-refractivity contribution in [2.45, 2.75) is 50.6 Å². The smallest absolute Gasteiger partial charge is 0.325 e. The monoisotopic (exact) mass is 373 g/mol. The van der Waals surface area contributed by atoms with Crippen LogP contribution in [0.15, 0.2) is 18.2 Å². The molecule has 2 N–H and O–H groups in total. The fraction of sp³-hybridized carbons (Fsp3) is 0.526. The molecule has 27 heavy (non-hydrogen) atoms. The molecule has 1 atom stereocenters. The number of fused-ring (bicyclic) bond motifs is 1. The largest absolute Gasteiger partial charge is 0.454 e. The van der Waals surface area contributed by atoms with E-state index in [0.717, 1.165) is 30.6 Å². The van der Waals surface area contributed by atoms with Gasteiger partial charge in [0.15, 0.2) is 11.5 Å². The summed E-state index contributed by atoms with van der Waals surface area (Å²) in [7, 11) is 0. The first-order valence-electron chi connectivity index (χ1n) is 9.31. The number of nitrogens with zero attached hydrogens (tertiary/aromatic N) is 1. The molecule has 0 radical (unpaired) electrons. The van der Waals surface area contributed by atoms with Crippen LogP contribution < -0.4 is 20.1 Å². The Morgan fingerprint density at radius 3 is 2.74 bits per heavy atom. The van der Waals surface area contributed by atoms with E-state index in [0.29, 0.717) is 17.1 Å². The highest BCUT2D eigenvalue weighted by Gasteiger charge is 2.50. The molecule has 1 saturated heterocycles. The van der Waals surface area contributed by atoms with Gasteiger partial charge in [-0.2, -0.15) is 0 Å². The maximum Gasteiger partial charge on any atom is 0.325 e. The van der Waals surface area contributed by atoms with E-state index in [1.165, 1.54) is 6.42 Å². The number of urea groups is 1. The van der Waals surface area contributed by atoms with Gasteiger partial charge in [0, 0.05) is 6.04 Å². The van der Waals surface area contributed by atoms with E-state index in [9.17, 15) is 14.4 Å². The van der Waals surface area contributed by atoms with Crippen molar-refractivity contribution >= 4 is 17.8 Å². The standard InChI is InChI=1S/C19H23N3O5/c1-19(12-7-8-14-15(9-12)27-11-26-14)17(24)22(18(25)21-19)10-16(23)20-13-5-3-2-4-6-13/h7-9,13H,2-6,10-11H2,1H3,(H,20,23)(H,21,25)/t19-/m0/s1. The first kappa shape index (κ1) is 17.6. The zero-order valence-corrected chi connectivity index (χ0v) is 15.2. The van der Waals surface area contributed by atoms with Gasteiger partial charge < -0.3 is 20.1 Å². The predicted octanol–water partition coefficient (Wildman–Crippen LogP) is 1.63. The Balaban J connectivity index is 1.47. The fourth-order valence-corrected chi connectivity index (χ4v) is 3.91. The Morgan fingerprint density at radius 1 is 1.22 bits per heavy atom. The van der Waals surface area contributed by atoms with Gasteiger partial charge >= 0.3 is 6.03 Å². The van der Waals surface area contributed by atoms with E-state index >= 15 is 0 Å². The zero-order valence-electron chi connectivity index (χ0n) is 15.2. The van der Waals surface area contributed by atoms with E-state index in [4.69, 9.17) is 9.47 Å². The molecule has 3 aliphatic rings. The summed E-state index contributed by atoms with van der Waals surface area (Å²) < 4.78 is 10.6. The Morgan fingerprint density at radius 2 is 1.96 bits per heavy atom. The van der Waals surface area contributed by atoms with Gasteiger partial charge in [0.1, 0.15) is 12.1 Å². The van der Waals surface area contributed by atoms with Crippen molar-refractivity contribution in [3.05, 3.63) is 23.8 Å². The van der Waals surface area contributed by atoms with E-state index in [-0.39, 0.29) is 25.3 Å². The van der Waals surface area contributed by atoms with Crippen LogP contribution in [-0.2, 0) is 15.1 Å². The number of benzene rings is 1. The minimum absolute atomic E-state index is 0.128. The summed E-state index contributed by atoms with van der Waals surface area (Å²) in [5.41, 5.74) is -0.663. The average molecular weight is 373 g/mol. The fourth-order valence-electron chi connectivity index (χ4n) is 3.91. The molecule has 0 aromatic heterocycles. The number of nitrogens with one attached hydrogen (secondary N) is 2. The number of ether oxygens (including phenoxy) is 2. The van der Waals surface area contributed by atoms with Crippen LogP contribution in [0.5, 0.6) is 11.5 Å². The van der Waals surface area contributed by atoms with Gasteiger partial charge in [-0.05, 0) is 37.5 Å². The van der Waals surface area contributed by atoms with Gasteiger partial charge in [0.25, 0.3) is 5.91 Å². The Bertz CT molecular complexity index is 790. The van der Waals surface area contributed by atoms with E-state index < -0.39 is 17.5 Å². The molecule has 8 heteroatoms. The molecule has 1 aromatic rings. The third kappa shape index (κ3) is 3.20. The molecule has 8 nitrogen and oxygen atoms in total. The van der Waals surface area contributed by atoms with Crippen LogP contribution in [0.4, 0.5) is 4.79 Å². The molecule has 4 amide bonds. The maximum atomic E-state index is 13.0. The second kappa shape index (κ2) is 6.75. The minimum Gasteiger partial charge on any atom is -0.454 e. The molecule has 4 rings (SSSR count). The normalized spacial score (nSPS) is 24.9. The van der Waals surface area contributed by atoms with Crippen molar-refractivity contribution in [3.8, 4) is 11.5 Å². The van der Waals surface area contributed by atoms with Gasteiger partial charge in [0.2, 0.25) is 12.7 Å². The number of hydrogen-bond acceptors (Lipinski definition) is 5. The second-order valence-corrected chi connectivity index (χ2v) is 7.42. The molecule has 2 aliphatic heterocycles. The maximum absolute atomic E-state index is 13.0. The molecule has 2 heterocycles. The first-order chi connectivity index (χ1) is 13.0. The van der Waals surface area contributed by atoms with Crippen molar-refractivity contribution in [3.63, 3.8) is 0 Å². The van der Waals surface area contributed by atoms with Gasteiger partial charge in [-0.15, -0.1) is 0 Å². The van der Waals surface area contributed by atoms with Crippen molar-refractivity contribution < 1.29 is 23.9 Å². The van der Waals surface area contributed by atoms with Crippen molar-refractivity contribution in [2.24, 2.45) is 0 Å². The SMILES string of the molecule is C[C@@]1(c2ccc3c(c2)OCO3)NC(=O)N(CC(=O)NC2CCCCC2)C1=O. The second-order valence-electron chi connectivity index (χ2n) is 7.42. The van der Waals surface area contributed by atoms with E-state index in [1.807, 2.05) is 0 Å². The lowest BCUT2D eigenvalue weighted by Gasteiger charge is -2.24. The molecule has 0 bridgehead atoms. The van der Waals surface area contributed by atoms with Gasteiger partial charge in [-0.1, -0.05) is 25.3 Å². The van der Waals surface area contributed by atoms with Crippen LogP contribution >= 0.6 is 0 Å². The highest BCUT2D eigenvalue weighted by Crippen LogP contribution is 2.37. The molecule has 1 saturated carbocycles. The molecular formula is C19H23N3O5. The van der Waals surface area contributed by atoms with E-state index in [2.05, 4.69) is 10.6 Å². The number of hydrogen-bond donors (Lipinski definition) is 2. The molecule has 1 aromatic carbocycles. The summed E-state index contributed by atoms with van der Waals surface area (Å²) in [5.74, 6) is 0.373. The van der Waals surface area contributed by atoms with Crippen molar-refractivity contribution in [1.82, 2.24) is 15.5 Å². The van der Waals surface area contributed by atoms with Gasteiger partial charge in [-0.25, -0.2) is 4.79 Å². The van der Waals surface area contributed by atoms with Crippen LogP contribution in [0.2, 0.25) is 0 Å². The van der Waals surface area contributed by atoms with Gasteiger partial charge in [0.05, 0.1) is 0 Å². The number of carbonyl (C=O) groups is 3. The Labute approximate surface area is 157 Å². The number of imide groups is 1. The first-order valence-corrected chi connectivity index (χ1v) is 9.31. The van der Waals surface area contributed by atoms with Crippen molar-refractivity contribution in [2.75, 3.05) is 13.3 Å². The number of rotatable bonds is 4. The summed E-state index contributed by atoms with van der Waals surface area (Å²) in [6.45, 7) is 1.48. The third-order valence-electron chi connectivity index (χ3n) is 5.50. The predicted molar refractivity (Wildman–Crippen MR) is 95.2 cm³/mol. The van der Waals surface area contributed by atoms with Crippen LogP contribution in [-0.4, -0.2) is 42.1 Å². The van der Waals surface area contributed by atoms with Crippen LogP contribution in [0.1, 0.15) is 44.6 Å². The summed E-state index contributed by atoms with van der Waals surface area (Å²) in [6.07, 6.45) is 5.27. The third-order valence-corrected chi connectivity index (χ3v) is 5.50. The summed E-state index contributed by atoms with van der Waals surface area (Å²) in [6, 6.07) is 4.68. The molecule has 0 unspecified atom stereocenters. The van der Waals surface area contributed by atoms with Crippen molar-refractivity contribution in [1.29, 1.82) is 0 Å². The molecular weight excluding hydrogens is 350 g/mol. The van der Waals surface area contributed by atoms with Crippen LogP contribution in [0, 0.1) is 0 Å². The Hall–Kier alpha value is -2.77. The van der Waals surface area contributed by atoms with E-state index in [1.54, 1.807) is 25.1 Å². The number of carbonyl (C=O) groups excluding carboxylic acids is 3. The quantitative estimate of drug-likeness (QED) is 0.782. The average Bonchev–Trinajstić information content (AvgIpc) is 3.21. The molecule has 2 fully saturated rings. The summed E-state index contributed by atoms with van der Waals surface area (Å²) in [4.78, 5) is 38.7. The van der Waals surface area contributed by atoms with Gasteiger partial charge in [-0.3, -0.25) is 14.5 Å². The summed E-state index contributed by atoms with van der Waals surface area (Å²) >= 11 is 0. The zero-order chi connectivity index (χ0) is 19.0. The lowest BCUT2D eigenvalue weighted by molar-refractivity contribution is -0.135. The molecule has 0 spiro atoms. The highest BCUT2D eigenvalue weighted by atomic mass is 16.7. The highest BCUT2D eigenvalue weighted by molar-refractivity contribution is 6.09. The molecule has 144 valence electrons. The topological polar surface area (TPSA) is 97.0 Å². The minimum atomic E-state index is -1.25. The lowest BCUT2D eigenvalue weighted by atomic mass is 9.91. The Kier molecular flexibility index (Phi) is 4.41. The van der Waals surface area contributed by atoms with Crippen LogP contribution in [0.25, 0.3) is 0 Å². The lowest BCUT2D eigenvalue weighted by Crippen LogP contribution is -2.45. The number of amides is 4. The molecule has 1 aliphatic carbocycles. The van der Waals surface area contributed by atoms with Crippen LogP contribution in [0.3, 0.4) is 0 Å². The summed E-state index contributed by atoms with van der Waals surface area (Å²) in [5, 5.41) is 5.65.